The van der Waals surface area contributed by atoms with Crippen LogP contribution in [0.15, 0.2) is 71.6 Å². The van der Waals surface area contributed by atoms with E-state index in [-0.39, 0.29) is 29.0 Å². The van der Waals surface area contributed by atoms with E-state index in [9.17, 15) is 18.8 Å². The minimum atomic E-state index is -3.84. The molecule has 3 aromatic carbocycles. The maximum atomic E-state index is 13.6. The van der Waals surface area contributed by atoms with E-state index in [2.05, 4.69) is 56.3 Å². The first kappa shape index (κ1) is 24.7. The van der Waals surface area contributed by atoms with Gasteiger partial charge in [0.25, 0.3) is 0 Å². The van der Waals surface area contributed by atoms with E-state index in [1.54, 1.807) is 12.1 Å². The highest BCUT2D eigenvalue weighted by atomic mass is 32.2. The first-order valence-electron chi connectivity index (χ1n) is 12.4. The lowest BCUT2D eigenvalue weighted by Gasteiger charge is -2.55. The van der Waals surface area contributed by atoms with Gasteiger partial charge in [-0.1, -0.05) is 54.6 Å². The Kier molecular flexibility index (Phi) is 6.71. The highest BCUT2D eigenvalue weighted by molar-refractivity contribution is 7.89. The van der Waals surface area contributed by atoms with Crippen molar-refractivity contribution in [2.45, 2.75) is 49.8 Å². The van der Waals surface area contributed by atoms with E-state index in [0.717, 1.165) is 24.1 Å². The van der Waals surface area contributed by atoms with Crippen molar-refractivity contribution >= 4 is 10.0 Å². The third kappa shape index (κ3) is 4.25. The zero-order valence-electron chi connectivity index (χ0n) is 20.6. The van der Waals surface area contributed by atoms with Crippen molar-refractivity contribution in [2.75, 3.05) is 19.6 Å². The number of nitrogens with zero attached hydrogens (tertiary/aromatic N) is 3. The average Bonchev–Trinajstić information content (AvgIpc) is 2.87. The van der Waals surface area contributed by atoms with E-state index in [0.29, 0.717) is 13.0 Å². The summed E-state index contributed by atoms with van der Waals surface area (Å²) in [5, 5.41) is 20.5. The summed E-state index contributed by atoms with van der Waals surface area (Å²) >= 11 is 0. The number of aliphatic hydroxyl groups excluding tert-OH is 1. The molecule has 2 fully saturated rings. The fourth-order valence-electron chi connectivity index (χ4n) is 5.59. The Hall–Kier alpha value is -3.02. The van der Waals surface area contributed by atoms with Crippen LogP contribution < -0.4 is 0 Å². The molecule has 7 heteroatoms. The molecule has 6 nitrogen and oxygen atoms in total. The number of hydrogen-bond acceptors (Lipinski definition) is 5. The van der Waals surface area contributed by atoms with Crippen LogP contribution in [0.4, 0.5) is 0 Å². The fourth-order valence-corrected chi connectivity index (χ4v) is 7.23. The smallest absolute Gasteiger partial charge is 0.244 e. The van der Waals surface area contributed by atoms with Crippen LogP contribution in [0.5, 0.6) is 0 Å². The van der Waals surface area contributed by atoms with Crippen molar-refractivity contribution in [3.05, 3.63) is 89.0 Å². The van der Waals surface area contributed by atoms with Gasteiger partial charge >= 0.3 is 0 Å². The van der Waals surface area contributed by atoms with Gasteiger partial charge in [0.05, 0.1) is 10.5 Å². The number of aliphatic hydroxyl groups is 1. The predicted molar refractivity (Wildman–Crippen MR) is 140 cm³/mol. The molecule has 1 N–H and O–H groups in total. The first-order valence-corrected chi connectivity index (χ1v) is 13.9. The second-order valence-electron chi connectivity index (χ2n) is 9.79. The molecule has 3 atom stereocenters. The Bertz CT molecular complexity index is 1410. The summed E-state index contributed by atoms with van der Waals surface area (Å²) in [5.41, 5.74) is 5.98. The van der Waals surface area contributed by atoms with Gasteiger partial charge in [0.2, 0.25) is 10.0 Å². The van der Waals surface area contributed by atoms with Crippen molar-refractivity contribution in [3.63, 3.8) is 0 Å². The van der Waals surface area contributed by atoms with Gasteiger partial charge < -0.3 is 5.11 Å². The van der Waals surface area contributed by atoms with Crippen molar-refractivity contribution in [3.8, 4) is 17.2 Å². The van der Waals surface area contributed by atoms with Crippen LogP contribution >= 0.6 is 0 Å². The summed E-state index contributed by atoms with van der Waals surface area (Å²) in [7, 11) is -3.84. The van der Waals surface area contributed by atoms with Crippen LogP contribution in [0.2, 0.25) is 0 Å². The molecule has 0 bridgehead atoms. The monoisotopic (exact) mass is 501 g/mol. The fraction of sp³-hybridized carbons (Fsp3) is 0.345. The summed E-state index contributed by atoms with van der Waals surface area (Å²) in [4.78, 5) is 2.06. The van der Waals surface area contributed by atoms with Gasteiger partial charge in [-0.05, 0) is 66.6 Å². The lowest BCUT2D eigenvalue weighted by Crippen LogP contribution is -2.66. The highest BCUT2D eigenvalue weighted by Crippen LogP contribution is 2.42. The van der Waals surface area contributed by atoms with Gasteiger partial charge in [-0.15, -0.1) is 0 Å². The molecule has 0 radical (unpaired) electrons. The summed E-state index contributed by atoms with van der Waals surface area (Å²) in [6.07, 6.45) is 0.868. The van der Waals surface area contributed by atoms with E-state index in [4.69, 9.17) is 0 Å². The summed E-state index contributed by atoms with van der Waals surface area (Å²) in [6.45, 7) is 5.66. The second-order valence-corrected chi connectivity index (χ2v) is 11.7. The number of aryl methyl sites for hydroxylation is 1. The molecule has 2 saturated heterocycles. The van der Waals surface area contributed by atoms with E-state index in [1.807, 2.05) is 11.0 Å². The number of nitriles is 1. The molecule has 0 saturated carbocycles. The zero-order chi connectivity index (χ0) is 25.4. The van der Waals surface area contributed by atoms with Crippen molar-refractivity contribution < 1.29 is 13.5 Å². The molecule has 2 aliphatic rings. The molecule has 2 aliphatic heterocycles. The number of rotatable bonds is 4. The third-order valence-corrected chi connectivity index (χ3v) is 9.73. The van der Waals surface area contributed by atoms with E-state index in [1.165, 1.54) is 33.1 Å². The first-order chi connectivity index (χ1) is 17.3. The lowest BCUT2D eigenvalue weighted by molar-refractivity contribution is -0.148. The average molecular weight is 502 g/mol. The molecule has 0 aliphatic carbocycles. The van der Waals surface area contributed by atoms with Crippen LogP contribution in [-0.4, -0.2) is 54.6 Å². The molecule has 3 aromatic rings. The van der Waals surface area contributed by atoms with E-state index >= 15 is 0 Å². The highest BCUT2D eigenvalue weighted by Gasteiger charge is 2.50. The minimum absolute atomic E-state index is 0.0499. The molecule has 0 spiro atoms. The summed E-state index contributed by atoms with van der Waals surface area (Å²) in [5.74, 6) is -0.181. The molecule has 0 amide bonds. The normalized spacial score (nSPS) is 23.1. The number of benzene rings is 3. The van der Waals surface area contributed by atoms with Crippen molar-refractivity contribution in [2.24, 2.45) is 0 Å². The van der Waals surface area contributed by atoms with Gasteiger partial charge in [0, 0.05) is 31.6 Å². The topological polar surface area (TPSA) is 84.6 Å². The largest absolute Gasteiger partial charge is 0.378 e. The quantitative estimate of drug-likeness (QED) is 0.572. The van der Waals surface area contributed by atoms with Gasteiger partial charge in [0.1, 0.15) is 12.3 Å². The van der Waals surface area contributed by atoms with Crippen LogP contribution in [-0.2, 0) is 10.0 Å². The number of sulfonamides is 1. The molecular weight excluding hydrogens is 470 g/mol. The standard InChI is InChI=1S/C29H31N3O3S/c1-20-8-7-10-25(21(20)2)22-12-14-23(15-13-22)28-26-19-31(16-5-6-17-32(26)29(28)33)36(34,35)27-11-4-3-9-24(27)18-30/h3-4,7-15,26,28-29,33H,5-6,16-17,19H2,1-2H3/t26-,28-,29+/m0/s1. The third-order valence-electron chi connectivity index (χ3n) is 7.80. The molecule has 0 unspecified atom stereocenters. The minimum Gasteiger partial charge on any atom is -0.378 e. The Labute approximate surface area is 213 Å². The molecule has 2 heterocycles. The van der Waals surface area contributed by atoms with Crippen molar-refractivity contribution in [1.82, 2.24) is 9.21 Å². The summed E-state index contributed by atoms with van der Waals surface area (Å²) < 4.78 is 28.7. The molecule has 5 rings (SSSR count). The van der Waals surface area contributed by atoms with Gasteiger partial charge in [0.15, 0.2) is 0 Å². The van der Waals surface area contributed by atoms with Crippen LogP contribution in [0.3, 0.4) is 0 Å². The Morgan fingerprint density at radius 2 is 1.67 bits per heavy atom. The molecule has 36 heavy (non-hydrogen) atoms. The SMILES string of the molecule is Cc1cccc(-c2ccc([C@@H]3[C@@H](O)N4CCCCN(S(=O)(=O)c5ccccc5C#N)C[C@@H]34)cc2)c1C. The number of fused-ring (bicyclic) bond motifs is 1. The zero-order valence-corrected chi connectivity index (χ0v) is 21.4. The van der Waals surface area contributed by atoms with Gasteiger partial charge in [-0.3, -0.25) is 4.90 Å². The summed E-state index contributed by atoms with van der Waals surface area (Å²) in [6, 6.07) is 22.8. The molecular formula is C29H31N3O3S. The Morgan fingerprint density at radius 3 is 2.42 bits per heavy atom. The van der Waals surface area contributed by atoms with Crippen molar-refractivity contribution in [1.29, 1.82) is 5.26 Å². The maximum Gasteiger partial charge on any atom is 0.244 e. The van der Waals surface area contributed by atoms with Gasteiger partial charge in [-0.25, -0.2) is 8.42 Å². The van der Waals surface area contributed by atoms with E-state index < -0.39 is 16.3 Å². The predicted octanol–water partition coefficient (Wildman–Crippen LogP) is 4.41. The maximum absolute atomic E-state index is 13.6. The molecule has 186 valence electrons. The molecule has 0 aromatic heterocycles. The van der Waals surface area contributed by atoms with Crippen LogP contribution in [0.25, 0.3) is 11.1 Å². The number of hydrogen-bond donors (Lipinski definition) is 1. The van der Waals surface area contributed by atoms with Crippen LogP contribution in [0, 0.1) is 25.2 Å². The second kappa shape index (κ2) is 9.79. The van der Waals surface area contributed by atoms with Crippen LogP contribution in [0.1, 0.15) is 41.0 Å². The van der Waals surface area contributed by atoms with Gasteiger partial charge in [-0.2, -0.15) is 9.57 Å². The Morgan fingerprint density at radius 1 is 0.944 bits per heavy atom. The lowest BCUT2D eigenvalue weighted by atomic mass is 9.79. The Balaban J connectivity index is 1.43.